The first-order valence-electron chi connectivity index (χ1n) is 10.5. The highest BCUT2D eigenvalue weighted by molar-refractivity contribution is 5.73. The lowest BCUT2D eigenvalue weighted by molar-refractivity contribution is 0.192. The van der Waals surface area contributed by atoms with E-state index in [0.29, 0.717) is 6.61 Å². The number of rotatable bonds is 8. The molecule has 1 aliphatic carbocycles. The number of fused-ring (bicyclic) bond motifs is 3. The molecule has 0 amide bonds. The fourth-order valence-electron chi connectivity index (χ4n) is 4.38. The average molecular weight is 385 g/mol. The SMILES string of the molecule is COc1ccc2c(c1)-c1c(cnn1CCNCCN(C)C1CCCCC1)CO2. The molecule has 1 saturated carbocycles. The van der Waals surface area contributed by atoms with E-state index in [1.807, 2.05) is 24.4 Å². The molecule has 0 radical (unpaired) electrons. The minimum atomic E-state index is 0.578. The van der Waals surface area contributed by atoms with Gasteiger partial charge in [-0.2, -0.15) is 5.10 Å². The molecule has 152 valence electrons. The van der Waals surface area contributed by atoms with Gasteiger partial charge in [-0.15, -0.1) is 0 Å². The van der Waals surface area contributed by atoms with Gasteiger partial charge >= 0.3 is 0 Å². The van der Waals surface area contributed by atoms with Gasteiger partial charge in [0.15, 0.2) is 0 Å². The van der Waals surface area contributed by atoms with Gasteiger partial charge < -0.3 is 19.7 Å². The van der Waals surface area contributed by atoms with E-state index in [1.54, 1.807) is 7.11 Å². The summed E-state index contributed by atoms with van der Waals surface area (Å²) in [5, 5.41) is 8.19. The second kappa shape index (κ2) is 8.97. The van der Waals surface area contributed by atoms with Crippen LogP contribution < -0.4 is 14.8 Å². The normalized spacial score (nSPS) is 16.5. The molecule has 6 nitrogen and oxygen atoms in total. The van der Waals surface area contributed by atoms with Gasteiger partial charge in [-0.05, 0) is 38.1 Å². The monoisotopic (exact) mass is 384 g/mol. The maximum Gasteiger partial charge on any atom is 0.129 e. The van der Waals surface area contributed by atoms with Crippen LogP contribution in [0.15, 0.2) is 24.4 Å². The molecule has 6 heteroatoms. The van der Waals surface area contributed by atoms with Crippen LogP contribution >= 0.6 is 0 Å². The number of aromatic nitrogens is 2. The van der Waals surface area contributed by atoms with Crippen LogP contribution in [0.4, 0.5) is 0 Å². The van der Waals surface area contributed by atoms with Crippen LogP contribution in [-0.4, -0.2) is 54.5 Å². The number of ether oxygens (including phenoxy) is 2. The van der Waals surface area contributed by atoms with Crippen molar-refractivity contribution in [3.8, 4) is 22.8 Å². The molecule has 4 rings (SSSR count). The molecule has 1 fully saturated rings. The molecule has 0 unspecified atom stereocenters. The van der Waals surface area contributed by atoms with Crippen LogP contribution in [0, 0.1) is 0 Å². The first-order chi connectivity index (χ1) is 13.8. The summed E-state index contributed by atoms with van der Waals surface area (Å²) in [6.45, 7) is 4.46. The summed E-state index contributed by atoms with van der Waals surface area (Å²) in [6, 6.07) is 6.74. The maximum atomic E-state index is 5.86. The van der Waals surface area contributed by atoms with Crippen molar-refractivity contribution in [2.24, 2.45) is 0 Å². The van der Waals surface area contributed by atoms with E-state index in [2.05, 4.69) is 27.0 Å². The Hall–Kier alpha value is -2.05. The highest BCUT2D eigenvalue weighted by atomic mass is 16.5. The molecule has 0 bridgehead atoms. The van der Waals surface area contributed by atoms with E-state index < -0.39 is 0 Å². The Morgan fingerprint density at radius 2 is 2.11 bits per heavy atom. The predicted molar refractivity (Wildman–Crippen MR) is 111 cm³/mol. The van der Waals surface area contributed by atoms with Crippen molar-refractivity contribution < 1.29 is 9.47 Å². The van der Waals surface area contributed by atoms with Crippen LogP contribution in [0.25, 0.3) is 11.3 Å². The largest absolute Gasteiger partial charge is 0.497 e. The summed E-state index contributed by atoms with van der Waals surface area (Å²) >= 11 is 0. The zero-order chi connectivity index (χ0) is 19.3. The summed E-state index contributed by atoms with van der Waals surface area (Å²) in [4.78, 5) is 2.53. The topological polar surface area (TPSA) is 51.5 Å². The first-order valence-corrected chi connectivity index (χ1v) is 10.5. The second-order valence-corrected chi connectivity index (χ2v) is 7.91. The smallest absolute Gasteiger partial charge is 0.129 e. The number of likely N-dealkylation sites (N-methyl/N-ethyl adjacent to an activating group) is 1. The Morgan fingerprint density at radius 3 is 2.93 bits per heavy atom. The molecular weight excluding hydrogens is 352 g/mol. The average Bonchev–Trinajstić information content (AvgIpc) is 3.17. The number of hydrogen-bond acceptors (Lipinski definition) is 5. The fraction of sp³-hybridized carbons (Fsp3) is 0.591. The number of hydrogen-bond donors (Lipinski definition) is 1. The van der Waals surface area contributed by atoms with Gasteiger partial charge in [0.05, 0.1) is 25.5 Å². The summed E-state index contributed by atoms with van der Waals surface area (Å²) in [6.07, 6.45) is 8.85. The van der Waals surface area contributed by atoms with Crippen LogP contribution in [-0.2, 0) is 13.2 Å². The van der Waals surface area contributed by atoms with Gasteiger partial charge in [0.25, 0.3) is 0 Å². The van der Waals surface area contributed by atoms with E-state index in [-0.39, 0.29) is 0 Å². The summed E-state index contributed by atoms with van der Waals surface area (Å²) in [5.41, 5.74) is 3.36. The van der Waals surface area contributed by atoms with Crippen molar-refractivity contribution in [3.05, 3.63) is 30.0 Å². The minimum Gasteiger partial charge on any atom is -0.497 e. The van der Waals surface area contributed by atoms with Crippen molar-refractivity contribution in [2.45, 2.75) is 51.3 Å². The fourth-order valence-corrected chi connectivity index (χ4v) is 4.38. The van der Waals surface area contributed by atoms with Gasteiger partial charge in [-0.3, -0.25) is 4.68 Å². The van der Waals surface area contributed by atoms with E-state index >= 15 is 0 Å². The number of benzene rings is 1. The van der Waals surface area contributed by atoms with Crippen molar-refractivity contribution in [1.29, 1.82) is 0 Å². The van der Waals surface area contributed by atoms with E-state index in [1.165, 1.54) is 32.1 Å². The molecule has 0 atom stereocenters. The second-order valence-electron chi connectivity index (χ2n) is 7.91. The summed E-state index contributed by atoms with van der Waals surface area (Å²) < 4.78 is 13.3. The lowest BCUT2D eigenvalue weighted by Crippen LogP contribution is -2.38. The van der Waals surface area contributed by atoms with Crippen molar-refractivity contribution in [2.75, 3.05) is 33.8 Å². The number of nitrogens with zero attached hydrogens (tertiary/aromatic N) is 3. The van der Waals surface area contributed by atoms with E-state index in [9.17, 15) is 0 Å². The molecule has 1 aromatic heterocycles. The molecule has 0 saturated heterocycles. The number of methoxy groups -OCH3 is 1. The Kier molecular flexibility index (Phi) is 6.17. The molecule has 1 aromatic carbocycles. The van der Waals surface area contributed by atoms with Gasteiger partial charge in [-0.25, -0.2) is 0 Å². The summed E-state index contributed by atoms with van der Waals surface area (Å²) in [7, 11) is 3.96. The first kappa shape index (κ1) is 19.3. The van der Waals surface area contributed by atoms with Gasteiger partial charge in [0.1, 0.15) is 18.1 Å². The maximum absolute atomic E-state index is 5.86. The Morgan fingerprint density at radius 1 is 1.25 bits per heavy atom. The zero-order valence-corrected chi connectivity index (χ0v) is 17.1. The highest BCUT2D eigenvalue weighted by Gasteiger charge is 2.23. The number of nitrogens with one attached hydrogen (secondary N) is 1. The predicted octanol–water partition coefficient (Wildman–Crippen LogP) is 3.31. The molecule has 2 aliphatic rings. The molecule has 1 aliphatic heterocycles. The Balaban J connectivity index is 1.31. The zero-order valence-electron chi connectivity index (χ0n) is 17.1. The van der Waals surface area contributed by atoms with Gasteiger partial charge in [0, 0.05) is 36.8 Å². The lowest BCUT2D eigenvalue weighted by atomic mass is 9.94. The third-order valence-electron chi connectivity index (χ3n) is 6.08. The minimum absolute atomic E-state index is 0.578. The molecule has 1 N–H and O–H groups in total. The molecule has 0 spiro atoms. The molecule has 28 heavy (non-hydrogen) atoms. The van der Waals surface area contributed by atoms with Crippen molar-refractivity contribution in [1.82, 2.24) is 20.0 Å². The highest BCUT2D eigenvalue weighted by Crippen LogP contribution is 2.39. The third kappa shape index (κ3) is 4.18. The Labute approximate surface area is 167 Å². The van der Waals surface area contributed by atoms with Gasteiger partial charge in [-0.1, -0.05) is 19.3 Å². The lowest BCUT2D eigenvalue weighted by Gasteiger charge is -2.31. The quantitative estimate of drug-likeness (QED) is 0.708. The van der Waals surface area contributed by atoms with Crippen molar-refractivity contribution >= 4 is 0 Å². The third-order valence-corrected chi connectivity index (χ3v) is 6.08. The van der Waals surface area contributed by atoms with Gasteiger partial charge in [0.2, 0.25) is 0 Å². The van der Waals surface area contributed by atoms with E-state index in [0.717, 1.165) is 60.5 Å². The molecule has 2 aromatic rings. The van der Waals surface area contributed by atoms with E-state index in [4.69, 9.17) is 9.47 Å². The summed E-state index contributed by atoms with van der Waals surface area (Å²) in [5.74, 6) is 1.74. The molecular formula is C22H32N4O2. The standard InChI is InChI=1S/C22H32N4O2/c1-25(18-6-4-3-5-7-18)12-10-23-11-13-26-22-17(15-24-26)16-28-21-9-8-19(27-2)14-20(21)22/h8-9,14-15,18,23H,3-7,10-13,16H2,1-2H3. The molecule has 2 heterocycles. The van der Waals surface area contributed by atoms with Crippen LogP contribution in [0.1, 0.15) is 37.7 Å². The Bertz CT molecular complexity index is 783. The van der Waals surface area contributed by atoms with Crippen LogP contribution in [0.2, 0.25) is 0 Å². The van der Waals surface area contributed by atoms with Crippen molar-refractivity contribution in [3.63, 3.8) is 0 Å². The van der Waals surface area contributed by atoms with Crippen LogP contribution in [0.5, 0.6) is 11.5 Å². The van der Waals surface area contributed by atoms with Crippen LogP contribution in [0.3, 0.4) is 0 Å².